The van der Waals surface area contributed by atoms with Crippen molar-refractivity contribution in [3.05, 3.63) is 0 Å². The Bertz CT molecular complexity index is 280. The summed E-state index contributed by atoms with van der Waals surface area (Å²) in [6.07, 6.45) is 4.76. The van der Waals surface area contributed by atoms with E-state index in [4.69, 9.17) is 4.74 Å². The first kappa shape index (κ1) is 11.7. The smallest absolute Gasteiger partial charge is 0.410 e. The van der Waals surface area contributed by atoms with Gasteiger partial charge in [-0.2, -0.15) is 0 Å². The molecule has 2 aliphatic rings. The van der Waals surface area contributed by atoms with Gasteiger partial charge in [0, 0.05) is 12.1 Å². The number of hydrogen-bond donors (Lipinski definition) is 0. The molecule has 3 atom stereocenters. The van der Waals surface area contributed by atoms with Crippen LogP contribution in [0.4, 0.5) is 4.79 Å². The first-order chi connectivity index (χ1) is 7.38. The number of carbonyl (C=O) groups is 1. The third kappa shape index (κ3) is 2.18. The molecule has 92 valence electrons. The third-order valence-electron chi connectivity index (χ3n) is 3.81. The molecule has 16 heavy (non-hydrogen) atoms. The quantitative estimate of drug-likeness (QED) is 0.633. The minimum Gasteiger partial charge on any atom is -0.444 e. The van der Waals surface area contributed by atoms with Crippen LogP contribution >= 0.6 is 0 Å². The summed E-state index contributed by atoms with van der Waals surface area (Å²) in [6.45, 7) is 7.95. The van der Waals surface area contributed by atoms with Crippen molar-refractivity contribution in [2.24, 2.45) is 5.92 Å². The molecular weight excluding hydrogens is 202 g/mol. The fourth-order valence-electron chi connectivity index (χ4n) is 3.08. The van der Waals surface area contributed by atoms with Crippen LogP contribution in [-0.4, -0.2) is 28.7 Å². The predicted molar refractivity (Wildman–Crippen MR) is 63.3 cm³/mol. The summed E-state index contributed by atoms with van der Waals surface area (Å²) in [5, 5.41) is 0. The summed E-state index contributed by atoms with van der Waals surface area (Å²) >= 11 is 0. The highest BCUT2D eigenvalue weighted by molar-refractivity contribution is 5.69. The van der Waals surface area contributed by atoms with Crippen LogP contribution in [0.15, 0.2) is 0 Å². The summed E-state index contributed by atoms with van der Waals surface area (Å²) in [6, 6.07) is 0.797. The molecule has 1 aliphatic carbocycles. The lowest BCUT2D eigenvalue weighted by atomic mass is 9.88. The Balaban J connectivity index is 2.06. The Morgan fingerprint density at radius 2 is 2.00 bits per heavy atom. The molecule has 1 saturated carbocycles. The van der Waals surface area contributed by atoms with Gasteiger partial charge < -0.3 is 9.64 Å². The van der Waals surface area contributed by atoms with Crippen molar-refractivity contribution in [3.8, 4) is 0 Å². The van der Waals surface area contributed by atoms with Crippen LogP contribution < -0.4 is 0 Å². The number of hydrogen-bond acceptors (Lipinski definition) is 2. The molecule has 0 radical (unpaired) electrons. The zero-order valence-electron chi connectivity index (χ0n) is 10.8. The second-order valence-electron chi connectivity index (χ2n) is 6.21. The van der Waals surface area contributed by atoms with Gasteiger partial charge >= 0.3 is 6.09 Å². The monoisotopic (exact) mass is 225 g/mol. The largest absolute Gasteiger partial charge is 0.444 e. The molecule has 2 rings (SSSR count). The molecule has 1 saturated heterocycles. The van der Waals surface area contributed by atoms with Gasteiger partial charge in [0.1, 0.15) is 5.60 Å². The number of fused-ring (bicyclic) bond motifs is 2. The molecule has 1 heterocycles. The van der Waals surface area contributed by atoms with Crippen LogP contribution in [0.25, 0.3) is 0 Å². The van der Waals surface area contributed by atoms with Crippen molar-refractivity contribution in [1.29, 1.82) is 0 Å². The number of ether oxygens (including phenoxy) is 1. The molecule has 0 spiro atoms. The minimum absolute atomic E-state index is 0.116. The Hall–Kier alpha value is -0.730. The lowest BCUT2D eigenvalue weighted by Gasteiger charge is -2.30. The predicted octanol–water partition coefficient (Wildman–Crippen LogP) is 3.18. The Labute approximate surface area is 98.1 Å². The topological polar surface area (TPSA) is 29.5 Å². The summed E-state index contributed by atoms with van der Waals surface area (Å²) in [4.78, 5) is 14.1. The Morgan fingerprint density at radius 3 is 2.56 bits per heavy atom. The van der Waals surface area contributed by atoms with Crippen molar-refractivity contribution in [2.45, 2.75) is 71.1 Å². The van der Waals surface area contributed by atoms with Gasteiger partial charge in [-0.25, -0.2) is 4.79 Å². The zero-order valence-corrected chi connectivity index (χ0v) is 10.8. The molecule has 1 aliphatic heterocycles. The maximum Gasteiger partial charge on any atom is 0.410 e. The van der Waals surface area contributed by atoms with Gasteiger partial charge in [-0.3, -0.25) is 0 Å². The van der Waals surface area contributed by atoms with E-state index in [1.54, 1.807) is 0 Å². The zero-order chi connectivity index (χ0) is 11.9. The molecule has 2 unspecified atom stereocenters. The number of nitrogens with zero attached hydrogens (tertiary/aromatic N) is 1. The van der Waals surface area contributed by atoms with Crippen LogP contribution in [0, 0.1) is 5.92 Å². The van der Waals surface area contributed by atoms with Crippen LogP contribution in [0.1, 0.15) is 53.4 Å². The average molecular weight is 225 g/mol. The summed E-state index contributed by atoms with van der Waals surface area (Å²) in [5.41, 5.74) is -0.381. The lowest BCUT2D eigenvalue weighted by Crippen LogP contribution is -2.43. The van der Waals surface area contributed by atoms with Crippen molar-refractivity contribution < 1.29 is 9.53 Å². The maximum absolute atomic E-state index is 12.1. The van der Waals surface area contributed by atoms with Gasteiger partial charge in [0.05, 0.1) is 0 Å². The van der Waals surface area contributed by atoms with E-state index >= 15 is 0 Å². The molecule has 0 aromatic carbocycles. The first-order valence-corrected chi connectivity index (χ1v) is 6.40. The molecule has 2 bridgehead atoms. The highest BCUT2D eigenvalue weighted by atomic mass is 16.6. The van der Waals surface area contributed by atoms with Crippen LogP contribution in [0.3, 0.4) is 0 Å². The van der Waals surface area contributed by atoms with Gasteiger partial charge in [-0.05, 0) is 52.9 Å². The lowest BCUT2D eigenvalue weighted by molar-refractivity contribution is 0.0155. The Morgan fingerprint density at radius 1 is 1.31 bits per heavy atom. The van der Waals surface area contributed by atoms with Crippen LogP contribution in [-0.2, 0) is 4.74 Å². The van der Waals surface area contributed by atoms with Crippen LogP contribution in [0.2, 0.25) is 0 Å². The SMILES string of the molecule is C[C@@H]1C2CCCC(C2)N1C(=O)OC(C)(C)C. The van der Waals surface area contributed by atoms with E-state index < -0.39 is 0 Å². The highest BCUT2D eigenvalue weighted by Gasteiger charge is 2.44. The van der Waals surface area contributed by atoms with E-state index in [9.17, 15) is 4.79 Å². The van der Waals surface area contributed by atoms with E-state index in [1.807, 2.05) is 25.7 Å². The van der Waals surface area contributed by atoms with E-state index in [0.29, 0.717) is 18.0 Å². The molecular formula is C13H23NO2. The third-order valence-corrected chi connectivity index (χ3v) is 3.81. The molecule has 1 amide bonds. The normalized spacial score (nSPS) is 34.0. The van der Waals surface area contributed by atoms with E-state index in [1.165, 1.54) is 19.3 Å². The van der Waals surface area contributed by atoms with Crippen molar-refractivity contribution in [2.75, 3.05) is 0 Å². The van der Waals surface area contributed by atoms with Crippen molar-refractivity contribution >= 4 is 6.09 Å². The Kier molecular flexibility index (Phi) is 2.89. The summed E-state index contributed by atoms with van der Waals surface area (Å²) in [5.74, 6) is 0.700. The number of rotatable bonds is 0. The van der Waals surface area contributed by atoms with Gasteiger partial charge in [0.2, 0.25) is 0 Å². The highest BCUT2D eigenvalue weighted by Crippen LogP contribution is 2.40. The summed E-state index contributed by atoms with van der Waals surface area (Å²) < 4.78 is 5.49. The fraction of sp³-hybridized carbons (Fsp3) is 0.923. The fourth-order valence-corrected chi connectivity index (χ4v) is 3.08. The first-order valence-electron chi connectivity index (χ1n) is 6.40. The average Bonchev–Trinajstić information content (AvgIpc) is 2.35. The molecule has 3 nitrogen and oxygen atoms in total. The number of amides is 1. The molecule has 0 aromatic rings. The van der Waals surface area contributed by atoms with Gasteiger partial charge in [0.25, 0.3) is 0 Å². The second kappa shape index (κ2) is 3.94. The second-order valence-corrected chi connectivity index (χ2v) is 6.21. The molecule has 0 aromatic heterocycles. The maximum atomic E-state index is 12.1. The van der Waals surface area contributed by atoms with Gasteiger partial charge in [-0.15, -0.1) is 0 Å². The van der Waals surface area contributed by atoms with E-state index in [-0.39, 0.29) is 11.7 Å². The van der Waals surface area contributed by atoms with Gasteiger partial charge in [0.15, 0.2) is 0 Å². The standard InChI is InChI=1S/C13H23NO2/c1-9-10-6-5-7-11(8-10)14(9)12(15)16-13(2,3)4/h9-11H,5-8H2,1-4H3/t9-,10?,11?/m1/s1. The molecule has 3 heteroatoms. The minimum atomic E-state index is -0.381. The summed E-state index contributed by atoms with van der Waals surface area (Å²) in [7, 11) is 0. The number of likely N-dealkylation sites (tertiary alicyclic amines) is 1. The van der Waals surface area contributed by atoms with E-state index in [2.05, 4.69) is 6.92 Å². The van der Waals surface area contributed by atoms with Crippen molar-refractivity contribution in [3.63, 3.8) is 0 Å². The molecule has 2 fully saturated rings. The van der Waals surface area contributed by atoms with Crippen LogP contribution in [0.5, 0.6) is 0 Å². The molecule has 0 N–H and O–H groups in total. The van der Waals surface area contributed by atoms with E-state index in [0.717, 1.165) is 6.42 Å². The number of carbonyl (C=O) groups excluding carboxylic acids is 1. The van der Waals surface area contributed by atoms with Crippen molar-refractivity contribution in [1.82, 2.24) is 4.90 Å². The van der Waals surface area contributed by atoms with Gasteiger partial charge in [-0.1, -0.05) is 6.42 Å².